The van der Waals surface area contributed by atoms with Crippen molar-refractivity contribution in [2.45, 2.75) is 52.6 Å². The van der Waals surface area contributed by atoms with Gasteiger partial charge in [-0.3, -0.25) is 14.2 Å². The van der Waals surface area contributed by atoms with Gasteiger partial charge in [0.25, 0.3) is 5.56 Å². The van der Waals surface area contributed by atoms with E-state index in [-0.39, 0.29) is 24.1 Å². The monoisotopic (exact) mass is 379 g/mol. The topological polar surface area (TPSA) is 73.0 Å². The number of aromatic nitrogens is 4. The van der Waals surface area contributed by atoms with Gasteiger partial charge in [-0.25, -0.2) is 9.67 Å². The van der Waals surface area contributed by atoms with Gasteiger partial charge >= 0.3 is 0 Å². The molecule has 0 aliphatic carbocycles. The molecule has 0 bridgehead atoms. The van der Waals surface area contributed by atoms with Gasteiger partial charge in [0.15, 0.2) is 5.65 Å². The van der Waals surface area contributed by atoms with E-state index in [1.54, 1.807) is 4.68 Å². The summed E-state index contributed by atoms with van der Waals surface area (Å²) in [5.41, 5.74) is 3.38. The summed E-state index contributed by atoms with van der Waals surface area (Å²) in [5, 5.41) is 4.79. The van der Waals surface area contributed by atoms with Crippen molar-refractivity contribution in [1.82, 2.24) is 24.2 Å². The molecule has 1 fully saturated rings. The summed E-state index contributed by atoms with van der Waals surface area (Å²) in [6.45, 7) is 6.89. The van der Waals surface area contributed by atoms with E-state index in [2.05, 4.69) is 23.1 Å². The molecule has 0 unspecified atom stereocenters. The average Bonchev–Trinajstić information content (AvgIpc) is 3.08. The molecule has 146 valence electrons. The summed E-state index contributed by atoms with van der Waals surface area (Å²) in [7, 11) is 0. The molecule has 3 heterocycles. The van der Waals surface area contributed by atoms with Gasteiger partial charge in [0.05, 0.1) is 11.9 Å². The van der Waals surface area contributed by atoms with E-state index in [1.165, 1.54) is 17.1 Å². The first-order valence-corrected chi connectivity index (χ1v) is 9.75. The molecular weight excluding hydrogens is 354 g/mol. The molecule has 7 heteroatoms. The second-order valence-corrected chi connectivity index (χ2v) is 7.75. The molecule has 4 rings (SSSR count). The predicted molar refractivity (Wildman–Crippen MR) is 108 cm³/mol. The number of nitrogens with zero attached hydrogens (tertiary/aromatic N) is 5. The average molecular weight is 379 g/mol. The van der Waals surface area contributed by atoms with Crippen molar-refractivity contribution in [3.05, 3.63) is 52.2 Å². The molecule has 7 nitrogen and oxygen atoms in total. The Labute approximate surface area is 163 Å². The van der Waals surface area contributed by atoms with Crippen molar-refractivity contribution >= 4 is 16.9 Å². The van der Waals surface area contributed by atoms with Crippen molar-refractivity contribution in [3.63, 3.8) is 0 Å². The van der Waals surface area contributed by atoms with Crippen molar-refractivity contribution in [2.24, 2.45) is 0 Å². The predicted octanol–water partition coefficient (Wildman–Crippen LogP) is 2.60. The van der Waals surface area contributed by atoms with Crippen LogP contribution in [-0.2, 0) is 11.3 Å². The fraction of sp³-hybridized carbons (Fsp3) is 0.429. The highest BCUT2D eigenvalue weighted by Crippen LogP contribution is 2.18. The molecule has 1 aliphatic rings. The zero-order valence-electron chi connectivity index (χ0n) is 16.6. The normalized spacial score (nSPS) is 17.2. The zero-order valence-corrected chi connectivity index (χ0v) is 16.6. The van der Waals surface area contributed by atoms with Gasteiger partial charge in [-0.05, 0) is 63.3 Å². The van der Waals surface area contributed by atoms with E-state index in [4.69, 9.17) is 0 Å². The molecule has 0 N–H and O–H groups in total. The smallest absolute Gasteiger partial charge is 0.264 e. The van der Waals surface area contributed by atoms with Crippen LogP contribution in [0.3, 0.4) is 0 Å². The molecule has 2 aromatic heterocycles. The molecule has 0 spiro atoms. The molecule has 1 saturated heterocycles. The van der Waals surface area contributed by atoms with Gasteiger partial charge in [0.2, 0.25) is 5.91 Å². The van der Waals surface area contributed by atoms with Gasteiger partial charge in [-0.15, -0.1) is 0 Å². The lowest BCUT2D eigenvalue weighted by atomic mass is 10.0. The third-order valence-corrected chi connectivity index (χ3v) is 5.43. The first kappa shape index (κ1) is 18.4. The number of rotatable bonds is 3. The molecule has 0 saturated carbocycles. The van der Waals surface area contributed by atoms with E-state index in [1.807, 2.05) is 30.9 Å². The minimum atomic E-state index is -0.237. The first-order valence-electron chi connectivity index (χ1n) is 9.75. The molecule has 1 aliphatic heterocycles. The largest absolute Gasteiger partial charge is 0.338 e. The third-order valence-electron chi connectivity index (χ3n) is 5.43. The number of hydrogen-bond donors (Lipinski definition) is 0. The van der Waals surface area contributed by atoms with E-state index in [0.29, 0.717) is 11.0 Å². The van der Waals surface area contributed by atoms with E-state index in [0.717, 1.165) is 42.6 Å². The van der Waals surface area contributed by atoms with Gasteiger partial charge in [-0.2, -0.15) is 5.10 Å². The molecule has 28 heavy (non-hydrogen) atoms. The highest BCUT2D eigenvalue weighted by atomic mass is 16.2. The van der Waals surface area contributed by atoms with Crippen molar-refractivity contribution < 1.29 is 4.79 Å². The molecule has 1 atom stereocenters. The van der Waals surface area contributed by atoms with Crippen molar-refractivity contribution in [3.8, 4) is 5.69 Å². The van der Waals surface area contributed by atoms with Crippen LogP contribution in [-0.4, -0.2) is 42.7 Å². The van der Waals surface area contributed by atoms with Crippen LogP contribution >= 0.6 is 0 Å². The standard InChI is InChI=1S/C21H25N5O2/c1-14-8-15(2)10-17(9-14)26-20-18(11-23-26)21(28)24(13-22-20)12-19(27)25-7-5-4-6-16(25)3/h8-11,13,16H,4-7,12H2,1-3H3/t16-/m0/s1. The van der Waals surface area contributed by atoms with Gasteiger partial charge < -0.3 is 4.90 Å². The van der Waals surface area contributed by atoms with Crippen LogP contribution in [0.4, 0.5) is 0 Å². The lowest BCUT2D eigenvalue weighted by molar-refractivity contribution is -0.135. The minimum Gasteiger partial charge on any atom is -0.338 e. The number of hydrogen-bond acceptors (Lipinski definition) is 4. The van der Waals surface area contributed by atoms with Crippen LogP contribution in [0, 0.1) is 13.8 Å². The van der Waals surface area contributed by atoms with Crippen LogP contribution < -0.4 is 5.56 Å². The van der Waals surface area contributed by atoms with Gasteiger partial charge in [0, 0.05) is 12.6 Å². The Bertz CT molecular complexity index is 1080. The number of carbonyl (C=O) groups is 1. The minimum absolute atomic E-state index is 0.0147. The first-order chi connectivity index (χ1) is 13.4. The highest BCUT2D eigenvalue weighted by molar-refractivity contribution is 5.78. The Morgan fingerprint density at radius 2 is 1.93 bits per heavy atom. The summed E-state index contributed by atoms with van der Waals surface area (Å²) in [5.74, 6) is -0.0304. The van der Waals surface area contributed by atoms with Crippen LogP contribution in [0.15, 0.2) is 35.5 Å². The zero-order chi connectivity index (χ0) is 19.8. The van der Waals surface area contributed by atoms with Crippen molar-refractivity contribution in [2.75, 3.05) is 6.54 Å². The quantitative estimate of drug-likeness (QED) is 0.701. The van der Waals surface area contributed by atoms with E-state index < -0.39 is 0 Å². The summed E-state index contributed by atoms with van der Waals surface area (Å²) in [6, 6.07) is 6.32. The number of likely N-dealkylation sites (tertiary alicyclic amines) is 1. The van der Waals surface area contributed by atoms with Crippen LogP contribution in [0.5, 0.6) is 0 Å². The lowest BCUT2D eigenvalue weighted by Gasteiger charge is -2.33. The molecule has 1 aromatic carbocycles. The van der Waals surface area contributed by atoms with Crippen LogP contribution in [0.2, 0.25) is 0 Å². The highest BCUT2D eigenvalue weighted by Gasteiger charge is 2.24. The maximum atomic E-state index is 12.9. The Morgan fingerprint density at radius 1 is 1.18 bits per heavy atom. The molecule has 0 radical (unpaired) electrons. The van der Waals surface area contributed by atoms with Gasteiger partial charge in [-0.1, -0.05) is 6.07 Å². The summed E-state index contributed by atoms with van der Waals surface area (Å²) in [6.07, 6.45) is 6.17. The molecule has 1 amide bonds. The lowest BCUT2D eigenvalue weighted by Crippen LogP contribution is -2.44. The van der Waals surface area contributed by atoms with E-state index >= 15 is 0 Å². The second-order valence-electron chi connectivity index (χ2n) is 7.75. The second kappa shape index (κ2) is 7.22. The SMILES string of the molecule is Cc1cc(C)cc(-n2ncc3c(=O)n(CC(=O)N4CCCC[C@@H]4C)cnc32)c1. The number of carbonyl (C=O) groups excluding carboxylic acids is 1. The Hall–Kier alpha value is -2.96. The number of amides is 1. The fourth-order valence-electron chi connectivity index (χ4n) is 4.03. The summed E-state index contributed by atoms with van der Waals surface area (Å²) in [4.78, 5) is 31.9. The number of aryl methyl sites for hydroxylation is 2. The summed E-state index contributed by atoms with van der Waals surface area (Å²) < 4.78 is 3.06. The van der Waals surface area contributed by atoms with Gasteiger partial charge in [0.1, 0.15) is 18.3 Å². The Morgan fingerprint density at radius 3 is 2.64 bits per heavy atom. The van der Waals surface area contributed by atoms with Crippen LogP contribution in [0.1, 0.15) is 37.3 Å². The third kappa shape index (κ3) is 3.32. The molecular formula is C21H25N5O2. The fourth-order valence-corrected chi connectivity index (χ4v) is 4.03. The Balaban J connectivity index is 1.67. The number of fused-ring (bicyclic) bond motifs is 1. The van der Waals surface area contributed by atoms with Crippen LogP contribution in [0.25, 0.3) is 16.7 Å². The Kier molecular flexibility index (Phi) is 4.75. The number of piperidine rings is 1. The maximum absolute atomic E-state index is 12.9. The summed E-state index contributed by atoms with van der Waals surface area (Å²) >= 11 is 0. The number of benzene rings is 1. The van der Waals surface area contributed by atoms with E-state index in [9.17, 15) is 9.59 Å². The maximum Gasteiger partial charge on any atom is 0.264 e. The van der Waals surface area contributed by atoms with Crippen molar-refractivity contribution in [1.29, 1.82) is 0 Å². The molecule has 3 aromatic rings.